The zero-order valence-corrected chi connectivity index (χ0v) is 16.2. The third kappa shape index (κ3) is 5.42. The van der Waals surface area contributed by atoms with Gasteiger partial charge in [-0.25, -0.2) is 18.4 Å². The number of benzene rings is 1. The van der Waals surface area contributed by atoms with Gasteiger partial charge in [0, 0.05) is 13.8 Å². The molecule has 1 heterocycles. The van der Waals surface area contributed by atoms with Crippen LogP contribution in [0.1, 0.15) is 13.8 Å². The van der Waals surface area contributed by atoms with Gasteiger partial charge in [-0.2, -0.15) is 0 Å². The summed E-state index contributed by atoms with van der Waals surface area (Å²) in [7, 11) is -4.78. The SMILES string of the molecule is CC(=O)OP(=O)(O)N(C[C@H]1CN(c2ccc(N/C=N\O)c(F)c2)C(=O)O1)C(C)=O. The summed E-state index contributed by atoms with van der Waals surface area (Å²) in [6.07, 6.45) is -1.05. The fourth-order valence-electron chi connectivity index (χ4n) is 2.53. The van der Waals surface area contributed by atoms with E-state index in [9.17, 15) is 28.2 Å². The number of ether oxygens (including phenoxy) is 1. The van der Waals surface area contributed by atoms with Crippen molar-refractivity contribution in [3.63, 3.8) is 0 Å². The maximum absolute atomic E-state index is 14.1. The molecule has 1 aromatic carbocycles. The minimum atomic E-state index is -4.78. The van der Waals surface area contributed by atoms with Gasteiger partial charge in [0.15, 0.2) is 0 Å². The second-order valence-corrected chi connectivity index (χ2v) is 7.49. The van der Waals surface area contributed by atoms with Gasteiger partial charge < -0.3 is 19.8 Å². The van der Waals surface area contributed by atoms with E-state index in [0.29, 0.717) is 4.67 Å². The molecular weight excluding hydrogens is 414 g/mol. The van der Waals surface area contributed by atoms with Crippen molar-refractivity contribution in [3.8, 4) is 0 Å². The van der Waals surface area contributed by atoms with E-state index in [-0.39, 0.29) is 17.9 Å². The first-order valence-corrected chi connectivity index (χ1v) is 9.60. The predicted octanol–water partition coefficient (Wildman–Crippen LogP) is 1.49. The first-order chi connectivity index (χ1) is 13.5. The molecule has 0 spiro atoms. The molecule has 1 aliphatic rings. The average Bonchev–Trinajstić information content (AvgIpc) is 2.97. The first kappa shape index (κ1) is 22.1. The summed E-state index contributed by atoms with van der Waals surface area (Å²) in [5.41, 5.74) is 0.115. The number of carbonyl (C=O) groups is 3. The Morgan fingerprint density at radius 3 is 2.76 bits per heavy atom. The van der Waals surface area contributed by atoms with Gasteiger partial charge in [-0.15, -0.1) is 0 Å². The van der Waals surface area contributed by atoms with Crippen LogP contribution in [0.3, 0.4) is 0 Å². The summed E-state index contributed by atoms with van der Waals surface area (Å²) in [6.45, 7) is 1.20. The zero-order chi connectivity index (χ0) is 21.8. The Kier molecular flexibility index (Phi) is 6.77. The molecule has 2 atom stereocenters. The number of cyclic esters (lactones) is 1. The number of nitrogens with one attached hydrogen (secondary N) is 1. The number of hydrogen-bond acceptors (Lipinski definition) is 8. The summed E-state index contributed by atoms with van der Waals surface area (Å²) in [5, 5.41) is 13.4. The molecule has 14 heteroatoms. The summed E-state index contributed by atoms with van der Waals surface area (Å²) in [5.74, 6) is -2.69. The van der Waals surface area contributed by atoms with Crippen molar-refractivity contribution in [2.75, 3.05) is 23.3 Å². The molecule has 2 amide bonds. The highest BCUT2D eigenvalue weighted by molar-refractivity contribution is 7.51. The molecule has 1 fully saturated rings. The van der Waals surface area contributed by atoms with Gasteiger partial charge in [-0.05, 0) is 18.2 Å². The van der Waals surface area contributed by atoms with Crippen molar-refractivity contribution >= 4 is 43.4 Å². The van der Waals surface area contributed by atoms with Gasteiger partial charge >= 0.3 is 19.8 Å². The zero-order valence-electron chi connectivity index (χ0n) is 15.3. The van der Waals surface area contributed by atoms with E-state index in [1.165, 1.54) is 12.1 Å². The van der Waals surface area contributed by atoms with Gasteiger partial charge in [0.25, 0.3) is 0 Å². The topological polar surface area (TPSA) is 158 Å². The third-order valence-corrected chi connectivity index (χ3v) is 5.26. The van der Waals surface area contributed by atoms with Gasteiger partial charge in [0.1, 0.15) is 18.3 Å². The monoisotopic (exact) mass is 432 g/mol. The molecule has 1 unspecified atom stereocenters. The summed E-state index contributed by atoms with van der Waals surface area (Å²) >= 11 is 0. The standard InChI is InChI=1S/C15H18FN4O8P/c1-9(21)20(29(25,26)28-10(2)22)7-12-6-19(15(23)27-12)11-3-4-14(13(16)5-11)17-8-18-24/h3-5,8,12,24H,6-7H2,1-2H3,(H,17,18)(H,25,26)/t12-/m1/s1. The Labute approximate surface area is 164 Å². The number of oxime groups is 1. The molecule has 0 bridgehead atoms. The van der Waals surface area contributed by atoms with E-state index in [1.54, 1.807) is 0 Å². The van der Waals surface area contributed by atoms with Crippen molar-refractivity contribution in [2.24, 2.45) is 5.16 Å². The van der Waals surface area contributed by atoms with Crippen molar-refractivity contribution in [1.29, 1.82) is 0 Å². The quantitative estimate of drug-likeness (QED) is 0.191. The van der Waals surface area contributed by atoms with Crippen LogP contribution in [-0.2, 0) is 23.4 Å². The molecule has 1 aliphatic heterocycles. The number of hydrogen-bond donors (Lipinski definition) is 3. The Morgan fingerprint density at radius 1 is 1.52 bits per heavy atom. The lowest BCUT2D eigenvalue weighted by Crippen LogP contribution is -2.36. The fraction of sp³-hybridized carbons (Fsp3) is 0.333. The molecular formula is C15H18FN4O8P. The normalized spacial score (nSPS) is 18.3. The molecule has 12 nitrogen and oxygen atoms in total. The number of carbonyl (C=O) groups excluding carboxylic acids is 3. The van der Waals surface area contributed by atoms with Crippen LogP contribution in [0.15, 0.2) is 23.4 Å². The number of halogens is 1. The van der Waals surface area contributed by atoms with E-state index in [4.69, 9.17) is 9.94 Å². The average molecular weight is 432 g/mol. The molecule has 158 valence electrons. The Balaban J connectivity index is 2.15. The smallest absolute Gasteiger partial charge is 0.442 e. The maximum Gasteiger partial charge on any atom is 0.490 e. The Hall–Kier alpha value is -3.18. The van der Waals surface area contributed by atoms with E-state index in [1.807, 2.05) is 0 Å². The lowest BCUT2D eigenvalue weighted by Gasteiger charge is -2.26. The summed E-state index contributed by atoms with van der Waals surface area (Å²) in [4.78, 5) is 45.7. The van der Waals surface area contributed by atoms with Crippen molar-refractivity contribution in [2.45, 2.75) is 20.0 Å². The highest BCUT2D eigenvalue weighted by Gasteiger charge is 2.41. The minimum absolute atomic E-state index is 0.0129. The van der Waals surface area contributed by atoms with Gasteiger partial charge in [-0.1, -0.05) is 5.16 Å². The van der Waals surface area contributed by atoms with Crippen LogP contribution in [0.2, 0.25) is 0 Å². The molecule has 0 aromatic heterocycles. The Bertz CT molecular complexity index is 895. The van der Waals surface area contributed by atoms with Crippen LogP contribution in [-0.4, -0.2) is 58.3 Å². The molecule has 0 saturated carbocycles. The molecule has 1 saturated heterocycles. The van der Waals surface area contributed by atoms with Crippen molar-refractivity contribution in [3.05, 3.63) is 24.0 Å². The second-order valence-electron chi connectivity index (χ2n) is 5.84. The number of nitrogens with zero attached hydrogens (tertiary/aromatic N) is 3. The van der Waals surface area contributed by atoms with Crippen molar-refractivity contribution < 1.29 is 42.7 Å². The van der Waals surface area contributed by atoms with E-state index in [0.717, 1.165) is 31.2 Å². The highest BCUT2D eigenvalue weighted by atomic mass is 31.2. The van der Waals surface area contributed by atoms with E-state index in [2.05, 4.69) is 15.0 Å². The Morgan fingerprint density at radius 2 is 2.21 bits per heavy atom. The second kappa shape index (κ2) is 8.88. The molecule has 0 radical (unpaired) electrons. The molecule has 0 aliphatic carbocycles. The lowest BCUT2D eigenvalue weighted by molar-refractivity contribution is -0.134. The number of anilines is 2. The summed E-state index contributed by atoms with van der Waals surface area (Å²) < 4.78 is 36.0. The molecule has 29 heavy (non-hydrogen) atoms. The largest absolute Gasteiger partial charge is 0.490 e. The van der Waals surface area contributed by atoms with Crippen LogP contribution in [0, 0.1) is 5.82 Å². The first-order valence-electron chi connectivity index (χ1n) is 8.07. The predicted molar refractivity (Wildman–Crippen MR) is 96.9 cm³/mol. The van der Waals surface area contributed by atoms with Crippen LogP contribution >= 0.6 is 7.75 Å². The number of rotatable bonds is 7. The summed E-state index contributed by atoms with van der Waals surface area (Å²) in [6, 6.07) is 3.70. The van der Waals surface area contributed by atoms with Gasteiger partial charge in [0.05, 0.1) is 24.5 Å². The minimum Gasteiger partial charge on any atom is -0.442 e. The van der Waals surface area contributed by atoms with E-state index >= 15 is 0 Å². The molecule has 1 aromatic rings. The fourth-order valence-corrected chi connectivity index (χ4v) is 3.71. The van der Waals surface area contributed by atoms with Gasteiger partial charge in [0.2, 0.25) is 5.91 Å². The van der Waals surface area contributed by atoms with Crippen molar-refractivity contribution in [1.82, 2.24) is 4.67 Å². The van der Waals surface area contributed by atoms with Crippen LogP contribution in [0.5, 0.6) is 0 Å². The molecule has 2 rings (SSSR count). The van der Waals surface area contributed by atoms with Crippen LogP contribution < -0.4 is 10.2 Å². The lowest BCUT2D eigenvalue weighted by atomic mass is 10.2. The molecule has 3 N–H and O–H groups in total. The third-order valence-electron chi connectivity index (χ3n) is 3.71. The van der Waals surface area contributed by atoms with Crippen LogP contribution in [0.25, 0.3) is 0 Å². The van der Waals surface area contributed by atoms with Crippen LogP contribution in [0.4, 0.5) is 20.6 Å². The maximum atomic E-state index is 14.1. The highest BCUT2D eigenvalue weighted by Crippen LogP contribution is 2.47. The van der Waals surface area contributed by atoms with E-state index < -0.39 is 44.2 Å². The number of amides is 2. The van der Waals surface area contributed by atoms with Gasteiger partial charge in [-0.3, -0.25) is 19.4 Å².